The van der Waals surface area contributed by atoms with Crippen molar-refractivity contribution in [3.05, 3.63) is 40.6 Å². The molecule has 0 spiro atoms. The minimum atomic E-state index is -0.0819. The van der Waals surface area contributed by atoms with Crippen LogP contribution >= 0.6 is 0 Å². The Morgan fingerprint density at radius 2 is 1.68 bits per heavy atom. The van der Waals surface area contributed by atoms with Crippen LogP contribution in [0.2, 0.25) is 0 Å². The van der Waals surface area contributed by atoms with Crippen LogP contribution < -0.4 is 19.6 Å². The number of nitrogens with zero attached hydrogens (tertiary/aromatic N) is 1. The highest BCUT2D eigenvalue weighted by Crippen LogP contribution is 2.33. The van der Waals surface area contributed by atoms with E-state index in [1.807, 2.05) is 29.8 Å². The van der Waals surface area contributed by atoms with Gasteiger partial charge in [-0.2, -0.15) is 0 Å². The highest BCUT2D eigenvalue weighted by molar-refractivity contribution is 5.99. The van der Waals surface area contributed by atoms with Crippen molar-refractivity contribution in [1.82, 2.24) is 4.57 Å². The molecular weight excluding hydrogens is 282 g/mol. The Labute approximate surface area is 127 Å². The Morgan fingerprint density at radius 3 is 2.32 bits per heavy atom. The van der Waals surface area contributed by atoms with Gasteiger partial charge in [-0.3, -0.25) is 4.79 Å². The summed E-state index contributed by atoms with van der Waals surface area (Å²) in [6.45, 7) is 0. The van der Waals surface area contributed by atoms with Gasteiger partial charge in [0.05, 0.1) is 43.1 Å². The van der Waals surface area contributed by atoms with Gasteiger partial charge in [-0.1, -0.05) is 6.07 Å². The number of ether oxygens (including phenoxy) is 3. The first-order valence-corrected chi connectivity index (χ1v) is 6.83. The van der Waals surface area contributed by atoms with E-state index in [1.165, 1.54) is 0 Å². The lowest BCUT2D eigenvalue weighted by Crippen LogP contribution is -2.11. The van der Waals surface area contributed by atoms with E-state index < -0.39 is 0 Å². The summed E-state index contributed by atoms with van der Waals surface area (Å²) < 4.78 is 18.0. The first-order valence-electron chi connectivity index (χ1n) is 6.83. The average molecular weight is 299 g/mol. The maximum Gasteiger partial charge on any atom is 0.201 e. The summed E-state index contributed by atoms with van der Waals surface area (Å²) in [7, 11) is 6.62. The highest BCUT2D eigenvalue weighted by Gasteiger charge is 2.16. The van der Waals surface area contributed by atoms with Crippen LogP contribution in [0.3, 0.4) is 0 Å². The van der Waals surface area contributed by atoms with Gasteiger partial charge in [0.1, 0.15) is 17.2 Å². The van der Waals surface area contributed by atoms with Crippen LogP contribution in [0.15, 0.2) is 35.1 Å². The van der Waals surface area contributed by atoms with Crippen molar-refractivity contribution in [2.45, 2.75) is 0 Å². The minimum absolute atomic E-state index is 0.0819. The second kappa shape index (κ2) is 5.26. The van der Waals surface area contributed by atoms with Crippen LogP contribution in [-0.2, 0) is 7.05 Å². The quantitative estimate of drug-likeness (QED) is 0.698. The van der Waals surface area contributed by atoms with Crippen LogP contribution in [0.25, 0.3) is 21.8 Å². The molecule has 0 aliphatic rings. The van der Waals surface area contributed by atoms with E-state index in [0.29, 0.717) is 28.0 Å². The predicted octanol–water partition coefficient (Wildman–Crippen LogP) is 2.72. The van der Waals surface area contributed by atoms with Crippen molar-refractivity contribution in [2.24, 2.45) is 7.05 Å². The molecule has 0 unspecified atom stereocenters. The monoisotopic (exact) mass is 299 g/mol. The van der Waals surface area contributed by atoms with E-state index in [1.54, 1.807) is 33.5 Å². The summed E-state index contributed by atoms with van der Waals surface area (Å²) in [5.74, 6) is 1.79. The number of rotatable bonds is 3. The lowest BCUT2D eigenvalue weighted by atomic mass is 10.1. The first-order chi connectivity index (χ1) is 10.6. The van der Waals surface area contributed by atoms with Crippen molar-refractivity contribution in [2.75, 3.05) is 21.3 Å². The summed E-state index contributed by atoms with van der Waals surface area (Å²) in [4.78, 5) is 12.9. The molecule has 0 saturated heterocycles. The summed E-state index contributed by atoms with van der Waals surface area (Å²) in [5, 5.41) is 1.13. The van der Waals surface area contributed by atoms with Crippen LogP contribution in [0, 0.1) is 0 Å². The topological polar surface area (TPSA) is 49.7 Å². The predicted molar refractivity (Wildman–Crippen MR) is 86.4 cm³/mol. The number of fused-ring (bicyclic) bond motifs is 2. The first kappa shape index (κ1) is 14.3. The van der Waals surface area contributed by atoms with Crippen LogP contribution in [0.5, 0.6) is 17.2 Å². The van der Waals surface area contributed by atoms with Gasteiger partial charge in [-0.15, -0.1) is 0 Å². The number of hydrogen-bond acceptors (Lipinski definition) is 4. The molecule has 0 fully saturated rings. The normalized spacial score (nSPS) is 10.9. The number of aromatic nitrogens is 1. The third-order valence-electron chi connectivity index (χ3n) is 3.90. The standard InChI is InChI=1S/C17H17NO4/c1-18-12-8-10(20-2)9-14(22-4)15(12)17(19)11-6-5-7-13(21-3)16(11)18/h5-9H,1-4H3. The molecule has 0 atom stereocenters. The smallest absolute Gasteiger partial charge is 0.201 e. The van der Waals surface area contributed by atoms with Crippen molar-refractivity contribution < 1.29 is 14.2 Å². The van der Waals surface area contributed by atoms with Gasteiger partial charge in [-0.05, 0) is 12.1 Å². The highest BCUT2D eigenvalue weighted by atomic mass is 16.5. The molecule has 0 aliphatic carbocycles. The molecule has 0 aliphatic heterocycles. The summed E-state index contributed by atoms with van der Waals surface area (Å²) >= 11 is 0. The van der Waals surface area contributed by atoms with Crippen LogP contribution in [0.4, 0.5) is 0 Å². The Kier molecular flexibility index (Phi) is 3.41. The van der Waals surface area contributed by atoms with Gasteiger partial charge in [0.15, 0.2) is 0 Å². The number of pyridine rings is 1. The fourth-order valence-corrected chi connectivity index (χ4v) is 2.82. The van der Waals surface area contributed by atoms with Crippen molar-refractivity contribution >= 4 is 21.8 Å². The van der Waals surface area contributed by atoms with Gasteiger partial charge in [-0.25, -0.2) is 0 Å². The van der Waals surface area contributed by atoms with E-state index in [2.05, 4.69) is 0 Å². The van der Waals surface area contributed by atoms with Gasteiger partial charge < -0.3 is 18.8 Å². The molecule has 0 radical (unpaired) electrons. The molecule has 0 saturated carbocycles. The molecule has 3 rings (SSSR count). The zero-order chi connectivity index (χ0) is 15.9. The largest absolute Gasteiger partial charge is 0.497 e. The van der Waals surface area contributed by atoms with Gasteiger partial charge in [0.2, 0.25) is 5.43 Å². The summed E-state index contributed by atoms with van der Waals surface area (Å²) in [6.07, 6.45) is 0. The molecule has 1 aromatic heterocycles. The molecule has 5 nitrogen and oxygen atoms in total. The number of para-hydroxylation sites is 1. The van der Waals surface area contributed by atoms with Gasteiger partial charge in [0, 0.05) is 19.2 Å². The number of methoxy groups -OCH3 is 3. The van der Waals surface area contributed by atoms with Crippen LogP contribution in [-0.4, -0.2) is 25.9 Å². The second-order valence-electron chi connectivity index (χ2n) is 4.97. The summed E-state index contributed by atoms with van der Waals surface area (Å²) in [6, 6.07) is 8.99. The molecule has 2 aromatic carbocycles. The molecular formula is C17H17NO4. The van der Waals surface area contributed by atoms with Crippen molar-refractivity contribution in [3.8, 4) is 17.2 Å². The zero-order valence-corrected chi connectivity index (χ0v) is 13.0. The molecule has 3 aromatic rings. The molecule has 0 bridgehead atoms. The van der Waals surface area contributed by atoms with Gasteiger partial charge in [0.25, 0.3) is 0 Å². The molecule has 5 heteroatoms. The second-order valence-corrected chi connectivity index (χ2v) is 4.97. The molecule has 1 heterocycles. The Bertz CT molecular complexity index is 927. The lowest BCUT2D eigenvalue weighted by Gasteiger charge is -2.16. The fraction of sp³-hybridized carbons (Fsp3) is 0.235. The van der Waals surface area contributed by atoms with E-state index >= 15 is 0 Å². The Morgan fingerprint density at radius 1 is 0.955 bits per heavy atom. The Balaban J connectivity index is 2.62. The lowest BCUT2D eigenvalue weighted by molar-refractivity contribution is 0.397. The fourth-order valence-electron chi connectivity index (χ4n) is 2.82. The Hall–Kier alpha value is -2.69. The van der Waals surface area contributed by atoms with Crippen LogP contribution in [0.1, 0.15) is 0 Å². The van der Waals surface area contributed by atoms with E-state index in [9.17, 15) is 4.79 Å². The zero-order valence-electron chi connectivity index (χ0n) is 13.0. The summed E-state index contributed by atoms with van der Waals surface area (Å²) in [5.41, 5.74) is 1.40. The third-order valence-corrected chi connectivity index (χ3v) is 3.90. The molecule has 0 amide bonds. The van der Waals surface area contributed by atoms with E-state index in [-0.39, 0.29) is 5.43 Å². The third kappa shape index (κ3) is 1.89. The average Bonchev–Trinajstić information content (AvgIpc) is 2.57. The minimum Gasteiger partial charge on any atom is -0.497 e. The van der Waals surface area contributed by atoms with Crippen molar-refractivity contribution in [3.63, 3.8) is 0 Å². The molecule has 0 N–H and O–H groups in total. The number of benzene rings is 2. The maximum atomic E-state index is 12.9. The SMILES string of the molecule is COc1cc(OC)c2c(=O)c3cccc(OC)c3n(C)c2c1. The number of aryl methyl sites for hydroxylation is 1. The number of hydrogen-bond donors (Lipinski definition) is 0. The van der Waals surface area contributed by atoms with E-state index in [4.69, 9.17) is 14.2 Å². The molecule has 22 heavy (non-hydrogen) atoms. The van der Waals surface area contributed by atoms with E-state index in [0.717, 1.165) is 11.0 Å². The van der Waals surface area contributed by atoms with Crippen molar-refractivity contribution in [1.29, 1.82) is 0 Å². The maximum absolute atomic E-state index is 12.9. The van der Waals surface area contributed by atoms with Gasteiger partial charge >= 0.3 is 0 Å². The molecule has 114 valence electrons.